The van der Waals surface area contributed by atoms with Crippen molar-refractivity contribution in [3.8, 4) is 33.4 Å². The highest BCUT2D eigenvalue weighted by atomic mass is 79.9. The van der Waals surface area contributed by atoms with Crippen molar-refractivity contribution < 1.29 is 0 Å². The second-order valence-corrected chi connectivity index (χ2v) is 7.82. The number of halogens is 1. The summed E-state index contributed by atoms with van der Waals surface area (Å²) in [5, 5.41) is 0. The van der Waals surface area contributed by atoms with Gasteiger partial charge in [-0.3, -0.25) is 0 Å². The Labute approximate surface area is 169 Å². The summed E-state index contributed by atoms with van der Waals surface area (Å²) in [4.78, 5) is 0. The van der Waals surface area contributed by atoms with E-state index < -0.39 is 0 Å². The maximum absolute atomic E-state index is 3.57. The average molecular weight is 413 g/mol. The Hall–Kier alpha value is -2.64. The van der Waals surface area contributed by atoms with Gasteiger partial charge < -0.3 is 0 Å². The fourth-order valence-corrected chi connectivity index (χ4v) is 4.09. The molecule has 0 aromatic heterocycles. The lowest BCUT2D eigenvalue weighted by Crippen LogP contribution is -1.90. The van der Waals surface area contributed by atoms with E-state index in [1.54, 1.807) is 0 Å². The predicted molar refractivity (Wildman–Crippen MR) is 120 cm³/mol. The van der Waals surface area contributed by atoms with Crippen LogP contribution < -0.4 is 0 Å². The largest absolute Gasteiger partial charge is 0.0622 e. The molecule has 0 aliphatic carbocycles. The minimum atomic E-state index is 1.12. The molecular formula is C26H21Br. The summed E-state index contributed by atoms with van der Waals surface area (Å²) >= 11 is 3.57. The lowest BCUT2D eigenvalue weighted by molar-refractivity contribution is 1.40. The van der Waals surface area contributed by atoms with Gasteiger partial charge in [-0.1, -0.05) is 88.7 Å². The van der Waals surface area contributed by atoms with E-state index in [0.717, 1.165) is 4.47 Å². The third-order valence-corrected chi connectivity index (χ3v) is 5.53. The van der Waals surface area contributed by atoms with Gasteiger partial charge in [0, 0.05) is 4.47 Å². The lowest BCUT2D eigenvalue weighted by atomic mass is 9.90. The van der Waals surface area contributed by atoms with Gasteiger partial charge in [-0.15, -0.1) is 0 Å². The number of rotatable bonds is 3. The van der Waals surface area contributed by atoms with E-state index in [-0.39, 0.29) is 0 Å². The summed E-state index contributed by atoms with van der Waals surface area (Å²) in [6.07, 6.45) is 0. The van der Waals surface area contributed by atoms with Crippen molar-refractivity contribution in [2.75, 3.05) is 0 Å². The molecule has 0 heterocycles. The molecule has 132 valence electrons. The van der Waals surface area contributed by atoms with Gasteiger partial charge in [0.25, 0.3) is 0 Å². The quantitative estimate of drug-likeness (QED) is 0.319. The van der Waals surface area contributed by atoms with E-state index in [4.69, 9.17) is 0 Å². The van der Waals surface area contributed by atoms with Crippen LogP contribution >= 0.6 is 15.9 Å². The molecule has 0 saturated heterocycles. The highest BCUT2D eigenvalue weighted by Gasteiger charge is 2.11. The Morgan fingerprint density at radius 1 is 0.481 bits per heavy atom. The first-order chi connectivity index (χ1) is 13.1. The van der Waals surface area contributed by atoms with Crippen molar-refractivity contribution in [2.24, 2.45) is 0 Å². The van der Waals surface area contributed by atoms with Crippen LogP contribution in [0.15, 0.2) is 95.5 Å². The minimum Gasteiger partial charge on any atom is -0.0622 e. The number of aryl methyl sites for hydroxylation is 2. The zero-order chi connectivity index (χ0) is 18.8. The molecule has 0 radical (unpaired) electrons. The number of hydrogen-bond acceptors (Lipinski definition) is 0. The molecule has 4 rings (SSSR count). The topological polar surface area (TPSA) is 0 Å². The van der Waals surface area contributed by atoms with Crippen LogP contribution in [0.2, 0.25) is 0 Å². The van der Waals surface area contributed by atoms with Crippen molar-refractivity contribution in [1.29, 1.82) is 0 Å². The number of benzene rings is 4. The second-order valence-electron chi connectivity index (χ2n) is 6.90. The van der Waals surface area contributed by atoms with Crippen LogP contribution in [0.5, 0.6) is 0 Å². The van der Waals surface area contributed by atoms with E-state index in [9.17, 15) is 0 Å². The van der Waals surface area contributed by atoms with Crippen molar-refractivity contribution in [2.45, 2.75) is 13.8 Å². The van der Waals surface area contributed by atoms with Gasteiger partial charge in [0.05, 0.1) is 0 Å². The molecule has 0 fully saturated rings. The Morgan fingerprint density at radius 3 is 1.85 bits per heavy atom. The van der Waals surface area contributed by atoms with Gasteiger partial charge in [0.2, 0.25) is 0 Å². The summed E-state index contributed by atoms with van der Waals surface area (Å²) in [6.45, 7) is 4.35. The molecule has 0 unspecified atom stereocenters. The van der Waals surface area contributed by atoms with Gasteiger partial charge in [0.15, 0.2) is 0 Å². The van der Waals surface area contributed by atoms with Gasteiger partial charge in [0.1, 0.15) is 0 Å². The third-order valence-electron chi connectivity index (χ3n) is 5.04. The maximum Gasteiger partial charge on any atom is 0.0178 e. The van der Waals surface area contributed by atoms with Gasteiger partial charge in [-0.05, 0) is 76.6 Å². The molecule has 0 nitrogen and oxygen atoms in total. The Bertz CT molecular complexity index is 1090. The van der Waals surface area contributed by atoms with Crippen LogP contribution in [-0.4, -0.2) is 0 Å². The molecular weight excluding hydrogens is 392 g/mol. The monoisotopic (exact) mass is 412 g/mol. The highest BCUT2D eigenvalue weighted by Crippen LogP contribution is 2.36. The Kier molecular flexibility index (Phi) is 4.96. The first-order valence-corrected chi connectivity index (χ1v) is 9.95. The Morgan fingerprint density at radius 2 is 1.15 bits per heavy atom. The van der Waals surface area contributed by atoms with Gasteiger partial charge in [-0.2, -0.15) is 0 Å². The minimum absolute atomic E-state index is 1.12. The SMILES string of the molecule is Cc1cc(Br)ccc1-c1cc(-c2ccccc2-c2ccccc2)ccc1C. The summed E-state index contributed by atoms with van der Waals surface area (Å²) in [5.41, 5.74) is 10.2. The molecule has 0 aliphatic heterocycles. The normalized spacial score (nSPS) is 10.8. The van der Waals surface area contributed by atoms with E-state index in [2.05, 4.69) is 121 Å². The van der Waals surface area contributed by atoms with Crippen LogP contribution in [0, 0.1) is 13.8 Å². The molecule has 0 amide bonds. The van der Waals surface area contributed by atoms with Crippen LogP contribution in [0.4, 0.5) is 0 Å². The van der Waals surface area contributed by atoms with Crippen molar-refractivity contribution in [3.63, 3.8) is 0 Å². The smallest absolute Gasteiger partial charge is 0.0178 e. The highest BCUT2D eigenvalue weighted by molar-refractivity contribution is 9.10. The molecule has 0 N–H and O–H groups in total. The predicted octanol–water partition coefficient (Wildman–Crippen LogP) is 8.07. The van der Waals surface area contributed by atoms with E-state index >= 15 is 0 Å². The van der Waals surface area contributed by atoms with Crippen LogP contribution in [0.1, 0.15) is 11.1 Å². The summed E-state index contributed by atoms with van der Waals surface area (Å²) in [6, 6.07) is 32.5. The van der Waals surface area contributed by atoms with Crippen LogP contribution in [-0.2, 0) is 0 Å². The zero-order valence-electron chi connectivity index (χ0n) is 15.5. The van der Waals surface area contributed by atoms with Crippen LogP contribution in [0.25, 0.3) is 33.4 Å². The third kappa shape index (κ3) is 3.61. The standard InChI is InChI=1S/C26H21Br/c1-18-12-13-21(17-26(18)23-15-14-22(27)16-19(23)2)25-11-7-6-10-24(25)20-8-4-3-5-9-20/h3-17H,1-2H3. The zero-order valence-corrected chi connectivity index (χ0v) is 17.1. The Balaban J connectivity index is 1.88. The molecule has 4 aromatic rings. The number of hydrogen-bond donors (Lipinski definition) is 0. The van der Waals surface area contributed by atoms with E-state index in [1.807, 2.05) is 0 Å². The van der Waals surface area contributed by atoms with E-state index in [0.29, 0.717) is 0 Å². The van der Waals surface area contributed by atoms with Crippen molar-refractivity contribution in [3.05, 3.63) is 107 Å². The first kappa shape index (κ1) is 17.8. The molecule has 27 heavy (non-hydrogen) atoms. The summed E-state index contributed by atoms with van der Waals surface area (Å²) in [7, 11) is 0. The van der Waals surface area contributed by atoms with Crippen LogP contribution in [0.3, 0.4) is 0 Å². The lowest BCUT2D eigenvalue weighted by Gasteiger charge is -2.15. The van der Waals surface area contributed by atoms with Crippen molar-refractivity contribution in [1.82, 2.24) is 0 Å². The van der Waals surface area contributed by atoms with Crippen molar-refractivity contribution >= 4 is 15.9 Å². The summed E-state index contributed by atoms with van der Waals surface area (Å²) < 4.78 is 1.12. The molecule has 0 bridgehead atoms. The molecule has 0 aliphatic rings. The molecule has 0 atom stereocenters. The fourth-order valence-electron chi connectivity index (χ4n) is 3.61. The van der Waals surface area contributed by atoms with Gasteiger partial charge in [-0.25, -0.2) is 0 Å². The molecule has 1 heteroatoms. The maximum atomic E-state index is 3.57. The molecule has 0 saturated carbocycles. The average Bonchev–Trinajstić information content (AvgIpc) is 2.70. The molecule has 4 aromatic carbocycles. The summed E-state index contributed by atoms with van der Waals surface area (Å²) in [5.74, 6) is 0. The fraction of sp³-hybridized carbons (Fsp3) is 0.0769. The van der Waals surface area contributed by atoms with Gasteiger partial charge >= 0.3 is 0 Å². The van der Waals surface area contributed by atoms with E-state index in [1.165, 1.54) is 44.5 Å². The molecule has 0 spiro atoms. The second kappa shape index (κ2) is 7.54. The first-order valence-electron chi connectivity index (χ1n) is 9.15.